The molecule has 3 saturated carbocycles. The molecule has 0 aromatic rings. The molecule has 0 saturated heterocycles. The second-order valence-corrected chi connectivity index (χ2v) is 9.09. The van der Waals surface area contributed by atoms with Crippen LogP contribution in [0.1, 0.15) is 85.5 Å². The SMILES string of the molecule is CC1(OC(=O)C2CC3CCC2C3)CCCC1.CCC(C)(C)C(=O)OC. The van der Waals surface area contributed by atoms with Gasteiger partial charge in [-0.3, -0.25) is 9.59 Å². The molecule has 3 fully saturated rings. The van der Waals surface area contributed by atoms with Crippen molar-refractivity contribution in [3.63, 3.8) is 0 Å². The summed E-state index contributed by atoms with van der Waals surface area (Å²) in [5.41, 5.74) is -0.437. The minimum atomic E-state index is -0.311. The van der Waals surface area contributed by atoms with Gasteiger partial charge in [-0.25, -0.2) is 0 Å². The molecule has 0 spiro atoms. The Balaban J connectivity index is 0.000000217. The molecular formula is C21H36O4. The van der Waals surface area contributed by atoms with Gasteiger partial charge in [0.25, 0.3) is 0 Å². The first kappa shape index (κ1) is 20.3. The Morgan fingerprint density at radius 2 is 1.76 bits per heavy atom. The summed E-state index contributed by atoms with van der Waals surface area (Å²) in [6, 6.07) is 0. The molecule has 0 N–H and O–H groups in total. The number of fused-ring (bicyclic) bond motifs is 2. The van der Waals surface area contributed by atoms with Crippen LogP contribution >= 0.6 is 0 Å². The lowest BCUT2D eigenvalue weighted by atomic mass is 9.89. The zero-order valence-corrected chi connectivity index (χ0v) is 16.7. The van der Waals surface area contributed by atoms with Crippen LogP contribution in [0.3, 0.4) is 0 Å². The molecule has 144 valence electrons. The van der Waals surface area contributed by atoms with Crippen LogP contribution in [0, 0.1) is 23.2 Å². The number of carbonyl (C=O) groups is 2. The second kappa shape index (κ2) is 8.09. The monoisotopic (exact) mass is 352 g/mol. The van der Waals surface area contributed by atoms with E-state index >= 15 is 0 Å². The Hall–Kier alpha value is -1.06. The fourth-order valence-corrected chi connectivity index (χ4v) is 4.50. The maximum Gasteiger partial charge on any atom is 0.311 e. The summed E-state index contributed by atoms with van der Waals surface area (Å²) in [6.07, 6.45) is 10.4. The predicted octanol–water partition coefficient (Wildman–Crippen LogP) is 4.89. The first-order chi connectivity index (χ1) is 11.7. The number of hydrogen-bond donors (Lipinski definition) is 0. The molecule has 0 heterocycles. The van der Waals surface area contributed by atoms with Crippen molar-refractivity contribution in [2.75, 3.05) is 7.11 Å². The van der Waals surface area contributed by atoms with Crippen molar-refractivity contribution >= 4 is 11.9 Å². The van der Waals surface area contributed by atoms with Gasteiger partial charge in [-0.15, -0.1) is 0 Å². The Morgan fingerprint density at radius 1 is 1.12 bits per heavy atom. The van der Waals surface area contributed by atoms with Crippen LogP contribution in [0.25, 0.3) is 0 Å². The number of esters is 2. The number of carbonyl (C=O) groups excluding carboxylic acids is 2. The summed E-state index contributed by atoms with van der Waals surface area (Å²) >= 11 is 0. The lowest BCUT2D eigenvalue weighted by molar-refractivity contribution is -0.164. The number of methoxy groups -OCH3 is 1. The average molecular weight is 353 g/mol. The molecule has 0 aromatic carbocycles. The van der Waals surface area contributed by atoms with Crippen molar-refractivity contribution < 1.29 is 19.1 Å². The van der Waals surface area contributed by atoms with Crippen LogP contribution in [-0.4, -0.2) is 24.6 Å². The van der Waals surface area contributed by atoms with Crippen LogP contribution in [0.2, 0.25) is 0 Å². The summed E-state index contributed by atoms with van der Waals surface area (Å²) in [5, 5.41) is 0. The number of rotatable bonds is 4. The van der Waals surface area contributed by atoms with Crippen LogP contribution in [0.5, 0.6) is 0 Å². The summed E-state index contributed by atoms with van der Waals surface area (Å²) in [5.74, 6) is 1.72. The van der Waals surface area contributed by atoms with Gasteiger partial charge in [0, 0.05) is 0 Å². The third-order valence-electron chi connectivity index (χ3n) is 6.67. The van der Waals surface area contributed by atoms with Crippen LogP contribution in [-0.2, 0) is 19.1 Å². The van der Waals surface area contributed by atoms with Gasteiger partial charge in [0.1, 0.15) is 5.60 Å². The Kier molecular flexibility index (Phi) is 6.56. The third kappa shape index (κ3) is 4.98. The van der Waals surface area contributed by atoms with Gasteiger partial charge in [-0.05, 0) is 84.0 Å². The van der Waals surface area contributed by atoms with E-state index in [9.17, 15) is 9.59 Å². The van der Waals surface area contributed by atoms with Crippen molar-refractivity contribution in [1.82, 2.24) is 0 Å². The zero-order chi connectivity index (χ0) is 18.7. The van der Waals surface area contributed by atoms with Gasteiger partial charge in [-0.1, -0.05) is 13.3 Å². The fraction of sp³-hybridized carbons (Fsp3) is 0.905. The van der Waals surface area contributed by atoms with Crippen molar-refractivity contribution in [3.8, 4) is 0 Å². The van der Waals surface area contributed by atoms with E-state index in [0.717, 1.165) is 31.6 Å². The minimum absolute atomic E-state index is 0.122. The number of hydrogen-bond acceptors (Lipinski definition) is 4. The van der Waals surface area contributed by atoms with E-state index in [0.29, 0.717) is 5.92 Å². The first-order valence-corrected chi connectivity index (χ1v) is 10.0. The summed E-state index contributed by atoms with van der Waals surface area (Å²) in [7, 11) is 1.42. The van der Waals surface area contributed by atoms with E-state index in [4.69, 9.17) is 4.74 Å². The van der Waals surface area contributed by atoms with Gasteiger partial charge in [0.15, 0.2) is 0 Å². The lowest BCUT2D eigenvalue weighted by Gasteiger charge is -2.28. The van der Waals surface area contributed by atoms with Gasteiger partial charge < -0.3 is 9.47 Å². The van der Waals surface area contributed by atoms with E-state index in [2.05, 4.69) is 11.7 Å². The average Bonchev–Trinajstić information content (AvgIpc) is 3.31. The molecular weight excluding hydrogens is 316 g/mol. The van der Waals surface area contributed by atoms with E-state index in [1.165, 1.54) is 39.2 Å². The largest absolute Gasteiger partial charge is 0.469 e. The normalized spacial score (nSPS) is 29.7. The van der Waals surface area contributed by atoms with Crippen molar-refractivity contribution in [2.45, 2.75) is 91.1 Å². The van der Waals surface area contributed by atoms with Crippen molar-refractivity contribution in [3.05, 3.63) is 0 Å². The van der Waals surface area contributed by atoms with Gasteiger partial charge in [0.2, 0.25) is 0 Å². The fourth-order valence-electron chi connectivity index (χ4n) is 4.50. The van der Waals surface area contributed by atoms with Gasteiger partial charge in [-0.2, -0.15) is 0 Å². The highest BCUT2D eigenvalue weighted by Gasteiger charge is 2.45. The molecule has 0 amide bonds. The molecule has 3 atom stereocenters. The molecule has 0 aromatic heterocycles. The molecule has 0 aliphatic heterocycles. The Labute approximate surface area is 153 Å². The predicted molar refractivity (Wildman–Crippen MR) is 98.0 cm³/mol. The van der Waals surface area contributed by atoms with E-state index in [-0.39, 0.29) is 28.9 Å². The summed E-state index contributed by atoms with van der Waals surface area (Å²) in [4.78, 5) is 23.0. The zero-order valence-electron chi connectivity index (χ0n) is 16.7. The molecule has 4 heteroatoms. The van der Waals surface area contributed by atoms with Gasteiger partial charge >= 0.3 is 11.9 Å². The van der Waals surface area contributed by atoms with Crippen molar-refractivity contribution in [2.24, 2.45) is 23.2 Å². The standard InChI is InChI=1S/C14H22O2.C7H14O2/c1-14(6-2-3-7-14)16-13(15)12-9-10-4-5-11(12)8-10;1-5-7(2,3)6(8)9-4/h10-12H,2-9H2,1H3;5H2,1-4H3. The maximum absolute atomic E-state index is 12.2. The van der Waals surface area contributed by atoms with E-state index in [1.807, 2.05) is 20.8 Å². The molecule has 3 aliphatic rings. The highest BCUT2D eigenvalue weighted by molar-refractivity contribution is 5.75. The van der Waals surface area contributed by atoms with E-state index in [1.54, 1.807) is 0 Å². The smallest absolute Gasteiger partial charge is 0.311 e. The van der Waals surface area contributed by atoms with Crippen molar-refractivity contribution in [1.29, 1.82) is 0 Å². The summed E-state index contributed by atoms with van der Waals surface area (Å²) in [6.45, 7) is 7.83. The second-order valence-electron chi connectivity index (χ2n) is 9.09. The molecule has 4 nitrogen and oxygen atoms in total. The maximum atomic E-state index is 12.2. The van der Waals surface area contributed by atoms with Crippen LogP contribution < -0.4 is 0 Å². The van der Waals surface area contributed by atoms with Crippen LogP contribution in [0.15, 0.2) is 0 Å². The van der Waals surface area contributed by atoms with E-state index < -0.39 is 0 Å². The molecule has 25 heavy (non-hydrogen) atoms. The molecule has 0 radical (unpaired) electrons. The minimum Gasteiger partial charge on any atom is -0.469 e. The summed E-state index contributed by atoms with van der Waals surface area (Å²) < 4.78 is 10.4. The highest BCUT2D eigenvalue weighted by atomic mass is 16.6. The third-order valence-corrected chi connectivity index (χ3v) is 6.67. The lowest BCUT2D eigenvalue weighted by Crippen LogP contribution is -2.33. The molecule has 3 unspecified atom stereocenters. The molecule has 2 bridgehead atoms. The number of ether oxygens (including phenoxy) is 2. The Bertz CT molecular complexity index is 476. The molecule has 3 aliphatic carbocycles. The first-order valence-electron chi connectivity index (χ1n) is 10.0. The highest BCUT2D eigenvalue weighted by Crippen LogP contribution is 2.49. The van der Waals surface area contributed by atoms with Gasteiger partial charge in [0.05, 0.1) is 18.4 Å². The van der Waals surface area contributed by atoms with Crippen LogP contribution in [0.4, 0.5) is 0 Å². The quantitative estimate of drug-likeness (QED) is 0.676. The topological polar surface area (TPSA) is 52.6 Å². The Morgan fingerprint density at radius 3 is 2.16 bits per heavy atom. The molecule has 3 rings (SSSR count).